The highest BCUT2D eigenvalue weighted by atomic mass is 16.3. The Hall–Kier alpha value is -0.410. The van der Waals surface area contributed by atoms with Crippen LogP contribution in [0.5, 0.6) is 0 Å². The maximum atomic E-state index is 10.4. The number of likely N-dealkylation sites (tertiary alicyclic amines) is 1. The predicted octanol–water partition coefficient (Wildman–Crippen LogP) is -0.297. The monoisotopic (exact) mass is 130 g/mol. The molecule has 1 N–H and O–H groups in total. The van der Waals surface area contributed by atoms with Crippen LogP contribution < -0.4 is 0 Å². The highest BCUT2D eigenvalue weighted by Gasteiger charge is 2.30. The fourth-order valence-electron chi connectivity index (χ4n) is 1.25. The highest BCUT2D eigenvalue weighted by Crippen LogP contribution is 2.14. The molecule has 0 aromatic carbocycles. The van der Waals surface area contributed by atoms with Crippen LogP contribution in [0.1, 0.15) is 12.8 Å². The van der Waals surface area contributed by atoms with Crippen molar-refractivity contribution in [3.8, 4) is 0 Å². The van der Waals surface area contributed by atoms with Gasteiger partial charge in [-0.25, -0.2) is 9.28 Å². The minimum atomic E-state index is -0.0243. The van der Waals surface area contributed by atoms with Crippen LogP contribution in [0.4, 0.5) is 0 Å². The molecule has 0 unspecified atom stereocenters. The van der Waals surface area contributed by atoms with Crippen molar-refractivity contribution < 1.29 is 14.4 Å². The second-order valence-corrected chi connectivity index (χ2v) is 2.62. The Bertz CT molecular complexity index is 108. The lowest BCUT2D eigenvalue weighted by molar-refractivity contribution is -0.853. The van der Waals surface area contributed by atoms with E-state index in [4.69, 9.17) is 5.11 Å². The van der Waals surface area contributed by atoms with E-state index in [0.717, 1.165) is 32.3 Å². The van der Waals surface area contributed by atoms with Gasteiger partial charge in [0.2, 0.25) is 0 Å². The van der Waals surface area contributed by atoms with E-state index in [1.54, 1.807) is 0 Å². The second kappa shape index (κ2) is 2.45. The molecule has 1 rings (SSSR count). The van der Waals surface area contributed by atoms with Crippen LogP contribution in [0.25, 0.3) is 0 Å². The molecule has 0 atom stereocenters. The van der Waals surface area contributed by atoms with Crippen LogP contribution in [-0.2, 0) is 4.79 Å². The fraction of sp³-hybridized carbons (Fsp3) is 0.833. The molecule has 0 aromatic rings. The zero-order valence-electron chi connectivity index (χ0n) is 5.42. The molecule has 0 radical (unpaired) electrons. The molecule has 1 saturated heterocycles. The van der Waals surface area contributed by atoms with Crippen molar-refractivity contribution in [3.05, 3.63) is 0 Å². The van der Waals surface area contributed by atoms with Gasteiger partial charge in [-0.2, -0.15) is 0 Å². The first kappa shape index (κ1) is 6.71. The lowest BCUT2D eigenvalue weighted by Gasteiger charge is -2.22. The van der Waals surface area contributed by atoms with Gasteiger partial charge in [0.25, 0.3) is 0 Å². The van der Waals surface area contributed by atoms with Crippen molar-refractivity contribution in [3.63, 3.8) is 0 Å². The summed E-state index contributed by atoms with van der Waals surface area (Å²) in [7, 11) is 0. The molecular formula is C6H12NO2+. The predicted molar refractivity (Wildman–Crippen MR) is 32.4 cm³/mol. The van der Waals surface area contributed by atoms with E-state index < -0.39 is 0 Å². The average Bonchev–Trinajstić information content (AvgIpc) is 2.36. The van der Waals surface area contributed by atoms with Gasteiger partial charge in [0.05, 0.1) is 13.1 Å². The molecule has 1 amide bonds. The maximum absolute atomic E-state index is 10.4. The molecule has 1 heterocycles. The molecule has 1 fully saturated rings. The molecule has 0 spiro atoms. The molecular weight excluding hydrogens is 118 g/mol. The third-order valence-electron chi connectivity index (χ3n) is 1.96. The summed E-state index contributed by atoms with van der Waals surface area (Å²) in [6.07, 6.45) is 2.99. The van der Waals surface area contributed by atoms with Crippen molar-refractivity contribution in [1.29, 1.82) is 0 Å². The Kier molecular flexibility index (Phi) is 1.83. The van der Waals surface area contributed by atoms with Crippen LogP contribution in [0, 0.1) is 0 Å². The summed E-state index contributed by atoms with van der Waals surface area (Å²) >= 11 is 0. The van der Waals surface area contributed by atoms with Crippen molar-refractivity contribution in [1.82, 2.24) is 0 Å². The Morgan fingerprint density at radius 1 is 1.44 bits per heavy atom. The van der Waals surface area contributed by atoms with E-state index in [2.05, 4.69) is 0 Å². The average molecular weight is 130 g/mol. The lowest BCUT2D eigenvalue weighted by atomic mass is 10.4. The van der Waals surface area contributed by atoms with Crippen LogP contribution in [0.3, 0.4) is 0 Å². The normalized spacial score (nSPS) is 24.1. The number of nitrogens with zero attached hydrogens (tertiary/aromatic N) is 1. The summed E-state index contributed by atoms with van der Waals surface area (Å²) < 4.78 is 0.264. The third-order valence-corrected chi connectivity index (χ3v) is 1.96. The van der Waals surface area contributed by atoms with E-state index in [-0.39, 0.29) is 11.2 Å². The number of rotatable bonds is 2. The summed E-state index contributed by atoms with van der Waals surface area (Å²) in [4.78, 5) is 10.4. The minimum absolute atomic E-state index is 0.0243. The minimum Gasteiger partial charge on any atom is -0.347 e. The van der Waals surface area contributed by atoms with Gasteiger partial charge in [0.15, 0.2) is 6.73 Å². The molecule has 0 aromatic heterocycles. The number of aliphatic hydroxyl groups is 1. The Morgan fingerprint density at radius 3 is 2.22 bits per heavy atom. The van der Waals surface area contributed by atoms with E-state index in [9.17, 15) is 4.79 Å². The van der Waals surface area contributed by atoms with Gasteiger partial charge in [0.1, 0.15) is 0 Å². The highest BCUT2D eigenvalue weighted by molar-refractivity contribution is 5.37. The van der Waals surface area contributed by atoms with Gasteiger partial charge in [-0.05, 0) is 0 Å². The van der Waals surface area contributed by atoms with E-state index in [0.29, 0.717) is 0 Å². The Morgan fingerprint density at radius 2 is 2.00 bits per heavy atom. The van der Waals surface area contributed by atoms with Crippen LogP contribution in [-0.4, -0.2) is 35.8 Å². The molecule has 1 aliphatic heterocycles. The lowest BCUT2D eigenvalue weighted by Crippen LogP contribution is -2.44. The zero-order valence-corrected chi connectivity index (χ0v) is 5.42. The number of amides is 1. The molecule has 3 nitrogen and oxygen atoms in total. The van der Waals surface area contributed by atoms with E-state index >= 15 is 0 Å². The van der Waals surface area contributed by atoms with Gasteiger partial charge in [-0.1, -0.05) is 0 Å². The summed E-state index contributed by atoms with van der Waals surface area (Å²) in [5, 5.41) is 8.76. The number of aliphatic hydroxyl groups excluding tert-OH is 1. The first-order valence-electron chi connectivity index (χ1n) is 3.26. The quantitative estimate of drug-likeness (QED) is 0.411. The van der Waals surface area contributed by atoms with E-state index in [1.807, 2.05) is 0 Å². The maximum Gasteiger partial charge on any atom is 0.303 e. The number of carbonyl (C=O) groups excluding carboxylic acids is 1. The van der Waals surface area contributed by atoms with Crippen molar-refractivity contribution in [2.45, 2.75) is 12.8 Å². The largest absolute Gasteiger partial charge is 0.347 e. The SMILES string of the molecule is O=C[N+]1(CO)CCCC1. The zero-order chi connectivity index (χ0) is 6.74. The number of carbonyl (C=O) groups is 1. The second-order valence-electron chi connectivity index (χ2n) is 2.62. The Balaban J connectivity index is 2.55. The summed E-state index contributed by atoms with van der Waals surface area (Å²) in [6.45, 7) is 1.61. The fourth-order valence-corrected chi connectivity index (χ4v) is 1.25. The van der Waals surface area contributed by atoms with Gasteiger partial charge in [0, 0.05) is 12.8 Å². The number of hydrogen-bond donors (Lipinski definition) is 1. The van der Waals surface area contributed by atoms with Crippen molar-refractivity contribution in [2.24, 2.45) is 0 Å². The van der Waals surface area contributed by atoms with Gasteiger partial charge >= 0.3 is 6.41 Å². The third kappa shape index (κ3) is 1.11. The topological polar surface area (TPSA) is 37.3 Å². The molecule has 0 bridgehead atoms. The summed E-state index contributed by atoms with van der Waals surface area (Å²) in [5.41, 5.74) is 0. The molecule has 9 heavy (non-hydrogen) atoms. The first-order chi connectivity index (χ1) is 4.33. The number of hydrogen-bond acceptors (Lipinski definition) is 2. The standard InChI is InChI=1S/C6H12NO2/c8-5-7(6-9)3-1-2-4-7/h5,9H,1-4,6H2/q+1. The summed E-state index contributed by atoms with van der Waals surface area (Å²) in [5.74, 6) is 0. The van der Waals surface area contributed by atoms with Gasteiger partial charge in [-0.15, -0.1) is 0 Å². The smallest absolute Gasteiger partial charge is 0.303 e. The van der Waals surface area contributed by atoms with Crippen molar-refractivity contribution in [2.75, 3.05) is 19.8 Å². The molecule has 1 aliphatic rings. The number of quaternary nitrogens is 1. The molecule has 3 heteroatoms. The van der Waals surface area contributed by atoms with Crippen LogP contribution >= 0.6 is 0 Å². The van der Waals surface area contributed by atoms with Gasteiger partial charge < -0.3 is 5.11 Å². The molecule has 0 saturated carbocycles. The van der Waals surface area contributed by atoms with Gasteiger partial charge in [-0.3, -0.25) is 0 Å². The van der Waals surface area contributed by atoms with Crippen LogP contribution in [0.2, 0.25) is 0 Å². The Labute approximate surface area is 54.5 Å². The first-order valence-corrected chi connectivity index (χ1v) is 3.26. The molecule has 52 valence electrons. The van der Waals surface area contributed by atoms with E-state index in [1.165, 1.54) is 0 Å². The molecule has 0 aliphatic carbocycles. The van der Waals surface area contributed by atoms with Crippen LogP contribution in [0.15, 0.2) is 0 Å². The summed E-state index contributed by atoms with van der Waals surface area (Å²) in [6, 6.07) is 0. The van der Waals surface area contributed by atoms with Crippen molar-refractivity contribution >= 4 is 6.41 Å².